The van der Waals surface area contributed by atoms with Crippen LogP contribution in [0, 0.1) is 0 Å². The maximum Gasteiger partial charge on any atom is 0.118 e. The largest absolute Gasteiger partial charge is 0.497 e. The topological polar surface area (TPSA) is 29.5 Å². The van der Waals surface area contributed by atoms with E-state index in [4.69, 9.17) is 8.85 Å². The molecule has 1 unspecified atom stereocenters. The average molecular weight is 295 g/mol. The van der Waals surface area contributed by atoms with Gasteiger partial charge in [0.05, 0.1) is 50.4 Å². The van der Waals surface area contributed by atoms with Crippen molar-refractivity contribution in [3.05, 3.63) is 29.8 Å². The van der Waals surface area contributed by atoms with Gasteiger partial charge in [0.25, 0.3) is 0 Å². The van der Waals surface area contributed by atoms with Crippen molar-refractivity contribution in [3.63, 3.8) is 0 Å². The number of nitrogens with zero attached hydrogens (tertiary/aromatic N) is 1. The summed E-state index contributed by atoms with van der Waals surface area (Å²) in [7, 11) is 3.95. The zero-order chi connectivity index (χ0) is 18.0. The molecule has 0 radical (unpaired) electrons. The van der Waals surface area contributed by atoms with Crippen LogP contribution in [0.5, 0.6) is 5.75 Å². The second-order valence-corrected chi connectivity index (χ2v) is 7.36. The van der Waals surface area contributed by atoms with Crippen LogP contribution in [0.1, 0.15) is 47.7 Å². The molecule has 1 fully saturated rings. The summed E-state index contributed by atoms with van der Waals surface area (Å²) in [5.74, 6) is 0.359. The van der Waals surface area contributed by atoms with Gasteiger partial charge in [-0.05, 0) is 30.5 Å². The van der Waals surface area contributed by atoms with E-state index in [1.807, 2.05) is 12.1 Å². The smallest absolute Gasteiger partial charge is 0.118 e. The highest BCUT2D eigenvalue weighted by Crippen LogP contribution is 2.41. The van der Waals surface area contributed by atoms with Crippen LogP contribution in [-0.2, 0) is 0 Å². The summed E-state index contributed by atoms with van der Waals surface area (Å²) in [6.07, 6.45) is 4.95. The molecule has 0 aliphatic heterocycles. The fourth-order valence-corrected chi connectivity index (χ4v) is 3.41. The molecule has 1 atom stereocenters. The van der Waals surface area contributed by atoms with E-state index in [2.05, 4.69) is 21.1 Å². The van der Waals surface area contributed by atoms with Crippen molar-refractivity contribution in [3.8, 4) is 5.75 Å². The van der Waals surface area contributed by atoms with E-state index >= 15 is 0 Å². The molecule has 0 spiro atoms. The second-order valence-electron chi connectivity index (χ2n) is 7.36. The average Bonchev–Trinajstić information content (AvgIpc) is 2.44. The molecule has 1 aromatic rings. The monoisotopic (exact) mass is 295 g/mol. The lowest BCUT2D eigenvalue weighted by atomic mass is 9.72. The zero-order valence-corrected chi connectivity index (χ0v) is 13.4. The minimum absolute atomic E-state index is 0.0274. The molecule has 21 heavy (non-hydrogen) atoms. The number of likely N-dealkylation sites (N-methyl/N-ethyl adjacent to an activating group) is 1. The van der Waals surface area contributed by atoms with E-state index in [1.54, 1.807) is 12.1 Å². The summed E-state index contributed by atoms with van der Waals surface area (Å²) >= 11 is 0. The fraction of sp³-hybridized carbons (Fsp3) is 0.667. The quantitative estimate of drug-likeness (QED) is 0.845. The van der Waals surface area contributed by atoms with Crippen LogP contribution < -0.4 is 4.74 Å². The first-order chi connectivity index (χ1) is 11.0. The van der Waals surface area contributed by atoms with Gasteiger partial charge in [-0.3, -0.25) is 0 Å². The second kappa shape index (κ2) is 6.37. The number of rotatable bonds is 5. The van der Waals surface area contributed by atoms with E-state index in [0.29, 0.717) is 5.75 Å². The number of methoxy groups -OCH3 is 1. The van der Waals surface area contributed by atoms with Crippen molar-refractivity contribution >= 4 is 0 Å². The number of benzene rings is 1. The first kappa shape index (κ1) is 12.5. The highest BCUT2D eigenvalue weighted by atomic mass is 16.5. The van der Waals surface area contributed by atoms with Crippen LogP contribution >= 0.6 is 0 Å². The van der Waals surface area contributed by atoms with Crippen LogP contribution in [0.4, 0.5) is 0 Å². The Bertz CT molecular complexity index is 529. The standard InChI is InChI=1S/C18H30NO2/c1-19(2,3)14-17(18(20)12-6-5-7-13-18)15-8-10-16(21-4)11-9-15/h8-11,17,20H,5-7,12-14H2,1-4H3/q+1/i4D3. The number of quaternary nitrogens is 1. The van der Waals surface area contributed by atoms with Crippen molar-refractivity contribution in [2.45, 2.75) is 43.6 Å². The first-order valence-corrected chi connectivity index (χ1v) is 7.80. The zero-order valence-electron chi connectivity index (χ0n) is 16.4. The van der Waals surface area contributed by atoms with Crippen LogP contribution in [0.25, 0.3) is 0 Å². The fourth-order valence-electron chi connectivity index (χ4n) is 3.41. The molecular weight excluding hydrogens is 262 g/mol. The van der Waals surface area contributed by atoms with E-state index in [9.17, 15) is 5.11 Å². The van der Waals surface area contributed by atoms with Crippen LogP contribution in [0.3, 0.4) is 0 Å². The third-order valence-electron chi connectivity index (χ3n) is 4.50. The number of ether oxygens (including phenoxy) is 1. The van der Waals surface area contributed by atoms with Crippen LogP contribution in [0.15, 0.2) is 24.3 Å². The lowest BCUT2D eigenvalue weighted by Gasteiger charge is -2.42. The predicted molar refractivity (Wildman–Crippen MR) is 86.7 cm³/mol. The summed E-state index contributed by atoms with van der Waals surface area (Å²) < 4.78 is 27.3. The molecule has 1 N–H and O–H groups in total. The third kappa shape index (κ3) is 4.21. The molecular formula is C18H30NO2+. The van der Waals surface area contributed by atoms with Gasteiger partial charge in [0, 0.05) is 0 Å². The maximum absolute atomic E-state index is 11.3. The third-order valence-corrected chi connectivity index (χ3v) is 4.50. The highest BCUT2D eigenvalue weighted by Gasteiger charge is 2.41. The molecule has 1 aliphatic carbocycles. The Morgan fingerprint density at radius 2 is 1.81 bits per heavy atom. The summed E-state index contributed by atoms with van der Waals surface area (Å²) in [5, 5.41) is 11.3. The van der Waals surface area contributed by atoms with Crippen molar-refractivity contribution in [1.29, 1.82) is 0 Å². The number of hydrogen-bond donors (Lipinski definition) is 1. The lowest BCUT2D eigenvalue weighted by Crippen LogP contribution is -2.48. The van der Waals surface area contributed by atoms with Crippen LogP contribution in [-0.4, -0.2) is 49.9 Å². The predicted octanol–water partition coefficient (Wildman–Crippen LogP) is 3.18. The molecule has 2 rings (SSSR count). The van der Waals surface area contributed by atoms with Crippen molar-refractivity contribution in [1.82, 2.24) is 0 Å². The Balaban J connectivity index is 2.26. The Morgan fingerprint density at radius 1 is 1.19 bits per heavy atom. The Hall–Kier alpha value is -1.06. The van der Waals surface area contributed by atoms with Gasteiger partial charge in [-0.15, -0.1) is 0 Å². The lowest BCUT2D eigenvalue weighted by molar-refractivity contribution is -0.872. The van der Waals surface area contributed by atoms with E-state index < -0.39 is 12.6 Å². The Labute approximate surface area is 133 Å². The maximum atomic E-state index is 11.3. The molecule has 0 aromatic heterocycles. The SMILES string of the molecule is [2H]C([2H])([2H])Oc1ccc(C(C[N+](C)(C)C)C2(O)CCCCC2)cc1. The Morgan fingerprint density at radius 3 is 2.33 bits per heavy atom. The van der Waals surface area contributed by atoms with E-state index in [1.165, 1.54) is 6.42 Å². The van der Waals surface area contributed by atoms with Gasteiger partial charge in [0.15, 0.2) is 0 Å². The molecule has 1 saturated carbocycles. The molecule has 0 saturated heterocycles. The van der Waals surface area contributed by atoms with Crippen molar-refractivity contribution in [2.75, 3.05) is 34.7 Å². The molecule has 0 heterocycles. The summed E-state index contributed by atoms with van der Waals surface area (Å²) in [6, 6.07) is 7.18. The summed E-state index contributed by atoms with van der Waals surface area (Å²) in [5.41, 5.74) is 0.362. The first-order valence-electron chi connectivity index (χ1n) is 9.30. The van der Waals surface area contributed by atoms with Gasteiger partial charge in [-0.2, -0.15) is 0 Å². The van der Waals surface area contributed by atoms with Gasteiger partial charge < -0.3 is 14.3 Å². The highest BCUT2D eigenvalue weighted by molar-refractivity contribution is 5.31. The molecule has 0 amide bonds. The molecule has 118 valence electrons. The van der Waals surface area contributed by atoms with Gasteiger partial charge in [0.1, 0.15) is 5.75 Å². The number of aliphatic hydroxyl groups is 1. The minimum Gasteiger partial charge on any atom is -0.497 e. The summed E-state index contributed by atoms with van der Waals surface area (Å²) in [4.78, 5) is 0. The normalized spacial score (nSPS) is 22.8. The molecule has 1 aliphatic rings. The molecule has 0 bridgehead atoms. The van der Waals surface area contributed by atoms with Gasteiger partial charge in [-0.25, -0.2) is 0 Å². The minimum atomic E-state index is -2.44. The molecule has 3 nitrogen and oxygen atoms in total. The number of hydrogen-bond acceptors (Lipinski definition) is 2. The van der Waals surface area contributed by atoms with Gasteiger partial charge in [-0.1, -0.05) is 31.4 Å². The van der Waals surface area contributed by atoms with Crippen molar-refractivity contribution in [2.24, 2.45) is 0 Å². The van der Waals surface area contributed by atoms with Gasteiger partial charge in [0.2, 0.25) is 0 Å². The van der Waals surface area contributed by atoms with E-state index in [0.717, 1.165) is 42.3 Å². The van der Waals surface area contributed by atoms with Crippen LogP contribution in [0.2, 0.25) is 0 Å². The summed E-state index contributed by atoms with van der Waals surface area (Å²) in [6.45, 7) is 0.829. The molecule has 1 aromatic carbocycles. The van der Waals surface area contributed by atoms with E-state index in [-0.39, 0.29) is 5.92 Å². The van der Waals surface area contributed by atoms with Gasteiger partial charge >= 0.3 is 0 Å². The Kier molecular flexibility index (Phi) is 3.78. The van der Waals surface area contributed by atoms with Crippen molar-refractivity contribution < 1.29 is 18.4 Å². The molecule has 3 heteroatoms.